The molecule has 0 radical (unpaired) electrons. The van der Waals surface area contributed by atoms with Crippen molar-refractivity contribution in [2.45, 2.75) is 6.92 Å². The Labute approximate surface area is 136 Å². The maximum Gasteiger partial charge on any atom is 0.126 e. The third-order valence-electron chi connectivity index (χ3n) is 3.92. The molecule has 2 nitrogen and oxygen atoms in total. The Morgan fingerprint density at radius 2 is 1.74 bits per heavy atom. The lowest BCUT2D eigenvalue weighted by Gasteiger charge is -2.10. The van der Waals surface area contributed by atoms with E-state index in [1.54, 1.807) is 7.11 Å². The molecule has 0 saturated carbocycles. The van der Waals surface area contributed by atoms with E-state index in [2.05, 4.69) is 12.1 Å². The van der Waals surface area contributed by atoms with Gasteiger partial charge in [-0.05, 0) is 35.4 Å². The molecule has 3 aromatic rings. The molecule has 0 fully saturated rings. The highest BCUT2D eigenvalue weighted by atomic mass is 16.5. The van der Waals surface area contributed by atoms with Crippen LogP contribution in [0.1, 0.15) is 16.7 Å². The maximum atomic E-state index is 9.59. The summed E-state index contributed by atoms with van der Waals surface area (Å²) in [6, 6.07) is 22.4. The highest BCUT2D eigenvalue weighted by molar-refractivity contribution is 6.00. The van der Waals surface area contributed by atoms with Crippen LogP contribution in [0.4, 0.5) is 0 Å². The van der Waals surface area contributed by atoms with Gasteiger partial charge < -0.3 is 4.74 Å². The number of fused-ring (bicyclic) bond motifs is 1. The lowest BCUT2D eigenvalue weighted by molar-refractivity contribution is 0.414. The summed E-state index contributed by atoms with van der Waals surface area (Å²) in [7, 11) is 1.65. The number of nitrogens with zero attached hydrogens (tertiary/aromatic N) is 1. The normalized spacial score (nSPS) is 11.3. The van der Waals surface area contributed by atoms with Crippen LogP contribution in [0, 0.1) is 18.3 Å². The molecule has 0 atom stereocenters. The van der Waals surface area contributed by atoms with Gasteiger partial charge >= 0.3 is 0 Å². The second kappa shape index (κ2) is 6.37. The van der Waals surface area contributed by atoms with Gasteiger partial charge in [0.05, 0.1) is 18.8 Å². The van der Waals surface area contributed by atoms with E-state index < -0.39 is 0 Å². The molecule has 0 aromatic heterocycles. The van der Waals surface area contributed by atoms with Crippen LogP contribution in [0.2, 0.25) is 0 Å². The molecule has 0 unspecified atom stereocenters. The number of rotatable bonds is 3. The fourth-order valence-electron chi connectivity index (χ4n) is 2.66. The third-order valence-corrected chi connectivity index (χ3v) is 3.92. The van der Waals surface area contributed by atoms with Gasteiger partial charge in [-0.15, -0.1) is 0 Å². The van der Waals surface area contributed by atoms with Crippen LogP contribution in [-0.4, -0.2) is 7.11 Å². The number of methoxy groups -OCH3 is 1. The third kappa shape index (κ3) is 2.95. The standard InChI is InChI=1S/C21H17NO/c1-15-7-9-16(10-8-15)18(14-22)13-20-19-6-4-3-5-17(19)11-12-21(20)23-2/h3-13H,1-2H3/b18-13+. The predicted molar refractivity (Wildman–Crippen MR) is 95.2 cm³/mol. The van der Waals surface area contributed by atoms with Crippen LogP contribution >= 0.6 is 0 Å². The summed E-state index contributed by atoms with van der Waals surface area (Å²) >= 11 is 0. The molecular weight excluding hydrogens is 282 g/mol. The van der Waals surface area contributed by atoms with E-state index in [-0.39, 0.29) is 0 Å². The molecule has 0 heterocycles. The van der Waals surface area contributed by atoms with Crippen molar-refractivity contribution in [2.75, 3.05) is 7.11 Å². The fraction of sp³-hybridized carbons (Fsp3) is 0.0952. The topological polar surface area (TPSA) is 33.0 Å². The van der Waals surface area contributed by atoms with E-state index in [9.17, 15) is 5.26 Å². The number of hydrogen-bond acceptors (Lipinski definition) is 2. The first-order valence-corrected chi connectivity index (χ1v) is 7.47. The van der Waals surface area contributed by atoms with E-state index in [4.69, 9.17) is 4.74 Å². The molecule has 2 heteroatoms. The Bertz CT molecular complexity index is 915. The van der Waals surface area contributed by atoms with Crippen LogP contribution in [0.25, 0.3) is 22.4 Å². The van der Waals surface area contributed by atoms with Crippen molar-refractivity contribution in [2.24, 2.45) is 0 Å². The van der Waals surface area contributed by atoms with Crippen LogP contribution in [0.15, 0.2) is 60.7 Å². The number of nitriles is 1. The quantitative estimate of drug-likeness (QED) is 0.490. The molecule has 0 aliphatic carbocycles. The smallest absolute Gasteiger partial charge is 0.126 e. The first-order chi connectivity index (χ1) is 11.2. The van der Waals surface area contributed by atoms with Crippen LogP contribution < -0.4 is 4.74 Å². The Morgan fingerprint density at radius 3 is 2.43 bits per heavy atom. The molecule has 0 N–H and O–H groups in total. The SMILES string of the molecule is COc1ccc2ccccc2c1/C=C(\C#N)c1ccc(C)cc1. The van der Waals surface area contributed by atoms with E-state index in [1.807, 2.05) is 67.6 Å². The van der Waals surface area contributed by atoms with Gasteiger partial charge in [0.25, 0.3) is 0 Å². The molecular formula is C21H17NO. The maximum absolute atomic E-state index is 9.59. The predicted octanol–water partition coefficient (Wildman–Crippen LogP) is 5.22. The molecule has 0 aliphatic heterocycles. The summed E-state index contributed by atoms with van der Waals surface area (Å²) in [6.45, 7) is 2.03. The lowest BCUT2D eigenvalue weighted by atomic mass is 9.98. The van der Waals surface area contributed by atoms with Gasteiger partial charge in [0.15, 0.2) is 0 Å². The van der Waals surface area contributed by atoms with E-state index >= 15 is 0 Å². The first-order valence-electron chi connectivity index (χ1n) is 7.47. The number of hydrogen-bond donors (Lipinski definition) is 0. The van der Waals surface area contributed by atoms with Gasteiger partial charge in [0.2, 0.25) is 0 Å². The average molecular weight is 299 g/mol. The molecule has 0 saturated heterocycles. The summed E-state index contributed by atoms with van der Waals surface area (Å²) < 4.78 is 5.50. The minimum absolute atomic E-state index is 0.625. The van der Waals surface area contributed by atoms with Gasteiger partial charge in [0.1, 0.15) is 5.75 Å². The van der Waals surface area contributed by atoms with Crippen molar-refractivity contribution in [1.29, 1.82) is 5.26 Å². The summed E-state index contributed by atoms with van der Waals surface area (Å²) in [6.07, 6.45) is 1.91. The zero-order valence-electron chi connectivity index (χ0n) is 13.2. The van der Waals surface area contributed by atoms with Crippen LogP contribution in [0.3, 0.4) is 0 Å². The van der Waals surface area contributed by atoms with Crippen molar-refractivity contribution >= 4 is 22.4 Å². The van der Waals surface area contributed by atoms with E-state index in [1.165, 1.54) is 5.56 Å². The van der Waals surface area contributed by atoms with E-state index in [0.29, 0.717) is 5.57 Å². The second-order valence-electron chi connectivity index (χ2n) is 5.44. The van der Waals surface area contributed by atoms with Crippen molar-refractivity contribution in [3.05, 3.63) is 77.4 Å². The Morgan fingerprint density at radius 1 is 1.00 bits per heavy atom. The molecule has 0 aliphatic rings. The minimum Gasteiger partial charge on any atom is -0.496 e. The summed E-state index contributed by atoms with van der Waals surface area (Å²) in [5, 5.41) is 11.8. The van der Waals surface area contributed by atoms with Crippen LogP contribution in [-0.2, 0) is 0 Å². The second-order valence-corrected chi connectivity index (χ2v) is 5.44. The van der Waals surface area contributed by atoms with Gasteiger partial charge in [-0.1, -0.05) is 60.2 Å². The largest absolute Gasteiger partial charge is 0.496 e. The van der Waals surface area contributed by atoms with Gasteiger partial charge in [-0.3, -0.25) is 0 Å². The highest BCUT2D eigenvalue weighted by Gasteiger charge is 2.08. The Kier molecular flexibility index (Phi) is 4.12. The summed E-state index contributed by atoms with van der Waals surface area (Å²) in [5.74, 6) is 0.767. The molecule has 0 spiro atoms. The van der Waals surface area contributed by atoms with Gasteiger partial charge in [-0.2, -0.15) is 5.26 Å². The Hall–Kier alpha value is -3.05. The molecule has 0 bridgehead atoms. The van der Waals surface area contributed by atoms with Gasteiger partial charge in [-0.25, -0.2) is 0 Å². The van der Waals surface area contributed by atoms with Crippen molar-refractivity contribution < 1.29 is 4.74 Å². The van der Waals surface area contributed by atoms with Crippen molar-refractivity contribution in [1.82, 2.24) is 0 Å². The zero-order valence-corrected chi connectivity index (χ0v) is 13.2. The lowest BCUT2D eigenvalue weighted by Crippen LogP contribution is -1.90. The number of allylic oxidation sites excluding steroid dienone is 1. The van der Waals surface area contributed by atoms with Crippen molar-refractivity contribution in [3.63, 3.8) is 0 Å². The molecule has 0 amide bonds. The number of aryl methyl sites for hydroxylation is 1. The fourth-order valence-corrected chi connectivity index (χ4v) is 2.66. The summed E-state index contributed by atoms with van der Waals surface area (Å²) in [4.78, 5) is 0. The average Bonchev–Trinajstić information content (AvgIpc) is 2.60. The highest BCUT2D eigenvalue weighted by Crippen LogP contribution is 2.31. The molecule has 3 rings (SSSR count). The van der Waals surface area contributed by atoms with Crippen molar-refractivity contribution in [3.8, 4) is 11.8 Å². The number of ether oxygens (including phenoxy) is 1. The number of benzene rings is 3. The van der Waals surface area contributed by atoms with Crippen LogP contribution in [0.5, 0.6) is 5.75 Å². The molecule has 112 valence electrons. The zero-order chi connectivity index (χ0) is 16.2. The molecule has 23 heavy (non-hydrogen) atoms. The van der Waals surface area contributed by atoms with Gasteiger partial charge in [0, 0.05) is 5.56 Å². The monoisotopic (exact) mass is 299 g/mol. The summed E-state index contributed by atoms with van der Waals surface area (Å²) in [5.41, 5.74) is 3.64. The molecule has 3 aromatic carbocycles. The van der Waals surface area contributed by atoms with E-state index in [0.717, 1.165) is 27.6 Å². The Balaban J connectivity index is 2.22. The first kappa shape index (κ1) is 14.9. The minimum atomic E-state index is 0.625.